The van der Waals surface area contributed by atoms with E-state index in [-0.39, 0.29) is 12.8 Å². The van der Waals surface area contributed by atoms with Gasteiger partial charge in [-0.25, -0.2) is 4.84 Å². The first kappa shape index (κ1) is 32.2. The molecule has 0 bridgehead atoms. The fourth-order valence-electron chi connectivity index (χ4n) is 4.19. The van der Waals surface area contributed by atoms with Crippen molar-refractivity contribution < 1.29 is 22.8 Å². The number of benzene rings is 2. The molecule has 2 aromatic carbocycles. The maximum Gasteiger partial charge on any atom is 0.416 e. The van der Waals surface area contributed by atoms with Gasteiger partial charge in [-0.15, -0.1) is 0 Å². The minimum atomic E-state index is -4.50. The number of carbonyl (C=O) groups excluding carboxylic acids is 2. The molecule has 3 rings (SSSR count). The van der Waals surface area contributed by atoms with Crippen LogP contribution in [0.25, 0.3) is 10.9 Å². The van der Waals surface area contributed by atoms with Crippen LogP contribution in [0.15, 0.2) is 60.8 Å². The number of hydrogen-bond acceptors (Lipinski definition) is 6. The van der Waals surface area contributed by atoms with Gasteiger partial charge in [0.15, 0.2) is 0 Å². The number of nitrogens with one attached hydrogen (secondary N) is 3. The van der Waals surface area contributed by atoms with Crippen molar-refractivity contribution in [3.8, 4) is 0 Å². The second-order valence-corrected chi connectivity index (χ2v) is 10.0. The Balaban J connectivity index is 1.77. The van der Waals surface area contributed by atoms with E-state index in [1.165, 1.54) is 18.3 Å². The summed E-state index contributed by atoms with van der Waals surface area (Å²) in [6.07, 6.45) is -2.45. The van der Waals surface area contributed by atoms with Crippen molar-refractivity contribution in [1.29, 1.82) is 0 Å². The van der Waals surface area contributed by atoms with Gasteiger partial charge in [0, 0.05) is 31.4 Å². The molecule has 13 heteroatoms. The number of nitrogens with zero attached hydrogens (tertiary/aromatic N) is 2. The van der Waals surface area contributed by atoms with Crippen LogP contribution < -0.4 is 21.2 Å². The number of likely N-dealkylation sites (N-methyl/N-ethyl adjacent to an activating group) is 1. The molecule has 1 aromatic heterocycles. The first-order valence-electron chi connectivity index (χ1n) is 13.0. The zero-order chi connectivity index (χ0) is 30.0. The highest BCUT2D eigenvalue weighted by molar-refractivity contribution is 7.80. The van der Waals surface area contributed by atoms with E-state index in [1.54, 1.807) is 6.07 Å². The summed E-state index contributed by atoms with van der Waals surface area (Å²) in [4.78, 5) is 35.9. The van der Waals surface area contributed by atoms with E-state index in [4.69, 9.17) is 29.7 Å². The molecule has 0 spiro atoms. The maximum absolute atomic E-state index is 13.4. The van der Waals surface area contributed by atoms with Gasteiger partial charge in [-0.1, -0.05) is 42.5 Å². The van der Waals surface area contributed by atoms with Crippen LogP contribution in [0.5, 0.6) is 0 Å². The largest absolute Gasteiger partial charge is 0.416 e. The molecule has 5 N–H and O–H groups in total. The van der Waals surface area contributed by atoms with Crippen molar-refractivity contribution in [1.82, 2.24) is 20.0 Å². The summed E-state index contributed by atoms with van der Waals surface area (Å²) in [5, 5.41) is 6.24. The quantitative estimate of drug-likeness (QED) is 0.168. The number of fused-ring (bicyclic) bond motifs is 1. The van der Waals surface area contributed by atoms with Crippen LogP contribution in [-0.2, 0) is 22.2 Å². The smallest absolute Gasteiger partial charge is 0.365 e. The molecular formula is C28H32ClF3N6O2S. The molecule has 1 heterocycles. The number of carbonyl (C=O) groups is 2. The van der Waals surface area contributed by atoms with E-state index in [2.05, 4.69) is 20.5 Å². The first-order valence-corrected chi connectivity index (χ1v) is 13.8. The zero-order valence-corrected chi connectivity index (χ0v) is 24.0. The SMILES string of the molecule is CCN(CCN)C(=S)CCC(NCl)C(=O)NC(Cc1ccc(C(F)(F)F)cc1)C(=O)Nc1cnc2ccccc2c1. The van der Waals surface area contributed by atoms with Crippen molar-refractivity contribution in [3.05, 3.63) is 71.9 Å². The average Bonchev–Trinajstić information content (AvgIpc) is 2.95. The Labute approximate surface area is 246 Å². The van der Waals surface area contributed by atoms with Crippen LogP contribution >= 0.6 is 24.0 Å². The van der Waals surface area contributed by atoms with Crippen molar-refractivity contribution in [3.63, 3.8) is 0 Å². The highest BCUT2D eigenvalue weighted by Crippen LogP contribution is 2.29. The van der Waals surface area contributed by atoms with Gasteiger partial charge in [0.05, 0.1) is 28.0 Å². The van der Waals surface area contributed by atoms with Crippen LogP contribution in [0.1, 0.15) is 30.9 Å². The lowest BCUT2D eigenvalue weighted by Crippen LogP contribution is -2.51. The van der Waals surface area contributed by atoms with Gasteiger partial charge in [0.25, 0.3) is 0 Å². The summed E-state index contributed by atoms with van der Waals surface area (Å²) in [6, 6.07) is 11.5. The van der Waals surface area contributed by atoms with Crippen LogP contribution in [0, 0.1) is 0 Å². The molecule has 2 unspecified atom stereocenters. The molecule has 3 aromatic rings. The standard InChI is InChI=1S/C28H32ClF3N6O2S/c1-2-38(14-13-33)25(41)12-11-23(37-29)26(39)36-24(15-18-7-9-20(10-8-18)28(30,31)32)27(40)35-21-16-19-5-3-4-6-22(19)34-17-21/h3-10,16-17,23-24,37H,2,11-15,33H2,1H3,(H,35,40)(H,36,39). The summed E-state index contributed by atoms with van der Waals surface area (Å²) in [5.74, 6) is -1.13. The van der Waals surface area contributed by atoms with Gasteiger partial charge in [-0.2, -0.15) is 13.2 Å². The van der Waals surface area contributed by atoms with E-state index < -0.39 is 35.6 Å². The fourth-order valence-corrected chi connectivity index (χ4v) is 4.74. The van der Waals surface area contributed by atoms with E-state index in [0.29, 0.717) is 42.3 Å². The minimum Gasteiger partial charge on any atom is -0.365 e. The van der Waals surface area contributed by atoms with E-state index >= 15 is 0 Å². The lowest BCUT2D eigenvalue weighted by atomic mass is 10.0. The number of alkyl halides is 3. The summed E-state index contributed by atoms with van der Waals surface area (Å²) in [5.41, 5.74) is 6.38. The van der Waals surface area contributed by atoms with Gasteiger partial charge in [-0.3, -0.25) is 14.6 Å². The molecule has 220 valence electrons. The molecule has 0 aliphatic heterocycles. The molecule has 0 radical (unpaired) electrons. The molecule has 0 saturated carbocycles. The Morgan fingerprint density at radius 2 is 1.80 bits per heavy atom. The van der Waals surface area contributed by atoms with Crippen LogP contribution in [0.3, 0.4) is 0 Å². The van der Waals surface area contributed by atoms with Gasteiger partial charge in [0.2, 0.25) is 11.8 Å². The lowest BCUT2D eigenvalue weighted by molar-refractivity contribution is -0.137. The van der Waals surface area contributed by atoms with Gasteiger partial charge >= 0.3 is 6.18 Å². The zero-order valence-electron chi connectivity index (χ0n) is 22.4. The molecular weight excluding hydrogens is 577 g/mol. The Morgan fingerprint density at radius 1 is 1.10 bits per heavy atom. The Hall–Kier alpha value is -3.32. The third kappa shape index (κ3) is 9.35. The minimum absolute atomic E-state index is 0.0652. The molecule has 0 aliphatic carbocycles. The first-order chi connectivity index (χ1) is 19.5. The lowest BCUT2D eigenvalue weighted by Gasteiger charge is -2.25. The number of anilines is 1. The summed E-state index contributed by atoms with van der Waals surface area (Å²) < 4.78 is 39.1. The van der Waals surface area contributed by atoms with E-state index in [0.717, 1.165) is 23.0 Å². The highest BCUT2D eigenvalue weighted by Gasteiger charge is 2.31. The molecule has 2 amide bonds. The van der Waals surface area contributed by atoms with Crippen molar-refractivity contribution in [2.45, 2.75) is 44.4 Å². The number of para-hydroxylation sites is 1. The normalized spacial score (nSPS) is 12.9. The second kappa shape index (κ2) is 15.1. The number of amides is 2. The third-order valence-electron chi connectivity index (χ3n) is 6.44. The van der Waals surface area contributed by atoms with Gasteiger partial charge < -0.3 is 21.3 Å². The van der Waals surface area contributed by atoms with Gasteiger partial charge in [0.1, 0.15) is 12.1 Å². The Bertz CT molecular complexity index is 1340. The topological polar surface area (TPSA) is 112 Å². The Morgan fingerprint density at radius 3 is 2.44 bits per heavy atom. The summed E-state index contributed by atoms with van der Waals surface area (Å²) >= 11 is 11.4. The van der Waals surface area contributed by atoms with E-state index in [9.17, 15) is 22.8 Å². The third-order valence-corrected chi connectivity index (χ3v) is 7.17. The summed E-state index contributed by atoms with van der Waals surface area (Å²) in [6.45, 7) is 3.63. The molecule has 2 atom stereocenters. The van der Waals surface area contributed by atoms with Crippen molar-refractivity contribution >= 4 is 57.4 Å². The van der Waals surface area contributed by atoms with Crippen LogP contribution in [0.4, 0.5) is 18.9 Å². The Kier molecular flexibility index (Phi) is 11.8. The number of pyridine rings is 1. The number of hydrogen-bond donors (Lipinski definition) is 4. The molecule has 0 aliphatic rings. The van der Waals surface area contributed by atoms with Gasteiger partial charge in [-0.05, 0) is 61.4 Å². The maximum atomic E-state index is 13.4. The highest BCUT2D eigenvalue weighted by atomic mass is 35.5. The molecule has 0 saturated heterocycles. The number of rotatable bonds is 13. The van der Waals surface area contributed by atoms with Crippen LogP contribution in [-0.4, -0.2) is 58.4 Å². The monoisotopic (exact) mass is 608 g/mol. The molecule has 41 heavy (non-hydrogen) atoms. The summed E-state index contributed by atoms with van der Waals surface area (Å²) in [7, 11) is 0. The number of thiocarbonyl (C=S) groups is 1. The average molecular weight is 609 g/mol. The second-order valence-electron chi connectivity index (χ2n) is 9.33. The predicted octanol–water partition coefficient (Wildman–Crippen LogP) is 4.42. The van der Waals surface area contributed by atoms with E-state index in [1.807, 2.05) is 36.1 Å². The fraction of sp³-hybridized carbons (Fsp3) is 0.357. The number of nitrogens with two attached hydrogens (primary N) is 1. The van der Waals surface area contributed by atoms with Crippen LogP contribution in [0.2, 0.25) is 0 Å². The predicted molar refractivity (Wildman–Crippen MR) is 158 cm³/mol. The van der Waals surface area contributed by atoms with Crippen molar-refractivity contribution in [2.24, 2.45) is 5.73 Å². The van der Waals surface area contributed by atoms with Crippen molar-refractivity contribution in [2.75, 3.05) is 25.0 Å². The number of halogens is 4. The molecule has 8 nitrogen and oxygen atoms in total. The number of aromatic nitrogens is 1. The molecule has 0 fully saturated rings.